The Hall–Kier alpha value is -3.46. The number of rotatable bonds is 5. The van der Waals surface area contributed by atoms with Crippen LogP contribution in [0.4, 0.5) is 10.5 Å². The number of fused-ring (bicyclic) bond motifs is 1. The largest absolute Gasteiger partial charge is 0.467 e. The Bertz CT molecular complexity index is 993. The van der Waals surface area contributed by atoms with Crippen LogP contribution in [0.2, 0.25) is 0 Å². The van der Waals surface area contributed by atoms with Gasteiger partial charge in [0.1, 0.15) is 11.3 Å². The molecule has 0 radical (unpaired) electrons. The van der Waals surface area contributed by atoms with E-state index in [-0.39, 0.29) is 25.6 Å². The summed E-state index contributed by atoms with van der Waals surface area (Å²) in [5.74, 6) is 0.0136. The normalized spacial score (nSPS) is 20.8. The molecule has 4 rings (SSSR count). The predicted molar refractivity (Wildman–Crippen MR) is 101 cm³/mol. The highest BCUT2D eigenvalue weighted by Gasteiger charge is 2.51. The molecule has 0 aliphatic carbocycles. The molecule has 150 valence electrons. The molecule has 2 aromatic carbocycles. The van der Waals surface area contributed by atoms with Gasteiger partial charge in [-0.1, -0.05) is 37.3 Å². The van der Waals surface area contributed by atoms with Crippen LogP contribution in [0.25, 0.3) is 0 Å². The number of nitrogens with zero attached hydrogens (tertiary/aromatic N) is 2. The Balaban J connectivity index is 1.72. The third kappa shape index (κ3) is 3.09. The molecule has 1 saturated heterocycles. The highest BCUT2D eigenvalue weighted by atomic mass is 16.7. The molecule has 0 unspecified atom stereocenters. The van der Waals surface area contributed by atoms with E-state index < -0.39 is 22.4 Å². The van der Waals surface area contributed by atoms with E-state index in [1.54, 1.807) is 24.3 Å². The second-order valence-electron chi connectivity index (χ2n) is 6.91. The van der Waals surface area contributed by atoms with Crippen molar-refractivity contribution < 1.29 is 24.0 Å². The molecule has 9 heteroatoms. The van der Waals surface area contributed by atoms with Gasteiger partial charge in [-0.2, -0.15) is 0 Å². The first-order chi connectivity index (χ1) is 14.0. The molecule has 1 N–H and O–H groups in total. The summed E-state index contributed by atoms with van der Waals surface area (Å²) in [6.07, 6.45) is 0.371. The van der Waals surface area contributed by atoms with E-state index in [2.05, 4.69) is 5.32 Å². The summed E-state index contributed by atoms with van der Waals surface area (Å²) in [6.45, 7) is 1.85. The number of amides is 3. The van der Waals surface area contributed by atoms with E-state index in [9.17, 15) is 19.7 Å². The van der Waals surface area contributed by atoms with E-state index >= 15 is 0 Å². The van der Waals surface area contributed by atoms with Gasteiger partial charge in [0.05, 0.1) is 18.1 Å². The number of carbonyl (C=O) groups is 2. The van der Waals surface area contributed by atoms with Crippen LogP contribution in [0.15, 0.2) is 42.5 Å². The monoisotopic (exact) mass is 397 g/mol. The molecule has 2 aliphatic rings. The Morgan fingerprint density at radius 3 is 2.69 bits per heavy atom. The maximum Gasteiger partial charge on any atom is 0.325 e. The van der Waals surface area contributed by atoms with E-state index in [0.717, 1.165) is 4.90 Å². The van der Waals surface area contributed by atoms with Crippen molar-refractivity contribution in [1.29, 1.82) is 0 Å². The first-order valence-electron chi connectivity index (χ1n) is 9.16. The molecule has 2 aromatic rings. The van der Waals surface area contributed by atoms with Crippen LogP contribution in [-0.4, -0.2) is 28.6 Å². The summed E-state index contributed by atoms with van der Waals surface area (Å²) >= 11 is 0. The van der Waals surface area contributed by atoms with Gasteiger partial charge in [0, 0.05) is 23.3 Å². The van der Waals surface area contributed by atoms with Gasteiger partial charge in [-0.15, -0.1) is 0 Å². The molecular weight excluding hydrogens is 378 g/mol. The van der Waals surface area contributed by atoms with Crippen molar-refractivity contribution in [2.24, 2.45) is 0 Å². The van der Waals surface area contributed by atoms with Gasteiger partial charge in [-0.25, -0.2) is 4.79 Å². The zero-order valence-electron chi connectivity index (χ0n) is 15.7. The minimum atomic E-state index is -1.16. The average molecular weight is 397 g/mol. The fourth-order valence-electron chi connectivity index (χ4n) is 3.81. The van der Waals surface area contributed by atoms with Gasteiger partial charge >= 0.3 is 6.03 Å². The Morgan fingerprint density at radius 1 is 1.24 bits per heavy atom. The molecule has 3 amide bonds. The lowest BCUT2D eigenvalue weighted by Gasteiger charge is -2.26. The molecule has 0 spiro atoms. The molecular formula is C20H19N3O6. The summed E-state index contributed by atoms with van der Waals surface area (Å²) in [7, 11) is 0. The summed E-state index contributed by atoms with van der Waals surface area (Å²) < 4.78 is 10.7. The maximum absolute atomic E-state index is 13.3. The van der Waals surface area contributed by atoms with Gasteiger partial charge in [-0.3, -0.25) is 19.8 Å². The van der Waals surface area contributed by atoms with Crippen molar-refractivity contribution in [3.05, 3.63) is 69.3 Å². The average Bonchev–Trinajstić information content (AvgIpc) is 2.99. The fourth-order valence-corrected chi connectivity index (χ4v) is 3.81. The van der Waals surface area contributed by atoms with Crippen LogP contribution < -0.4 is 10.1 Å². The van der Waals surface area contributed by atoms with Gasteiger partial charge in [-0.05, 0) is 12.0 Å². The number of non-ortho nitro benzene ring substituents is 1. The number of nitro benzene ring substituents is 1. The number of urea groups is 1. The van der Waals surface area contributed by atoms with Crippen LogP contribution in [0.3, 0.4) is 0 Å². The predicted octanol–water partition coefficient (Wildman–Crippen LogP) is 2.82. The second kappa shape index (κ2) is 7.17. The lowest BCUT2D eigenvalue weighted by atomic mass is 9.87. The lowest BCUT2D eigenvalue weighted by Crippen LogP contribution is -2.43. The first kappa shape index (κ1) is 18.9. The molecule has 1 fully saturated rings. The van der Waals surface area contributed by atoms with Gasteiger partial charge in [0.15, 0.2) is 6.79 Å². The summed E-state index contributed by atoms with van der Waals surface area (Å²) in [5, 5.41) is 14.1. The van der Waals surface area contributed by atoms with Crippen molar-refractivity contribution in [2.75, 3.05) is 6.79 Å². The quantitative estimate of drug-likeness (QED) is 0.472. The molecule has 9 nitrogen and oxygen atoms in total. The van der Waals surface area contributed by atoms with Gasteiger partial charge in [0.25, 0.3) is 11.6 Å². The van der Waals surface area contributed by atoms with E-state index in [1.807, 2.05) is 13.0 Å². The summed E-state index contributed by atoms with van der Waals surface area (Å²) in [4.78, 5) is 37.9. The zero-order valence-corrected chi connectivity index (χ0v) is 15.7. The van der Waals surface area contributed by atoms with Crippen molar-refractivity contribution in [3.63, 3.8) is 0 Å². The van der Waals surface area contributed by atoms with Crippen molar-refractivity contribution >= 4 is 17.6 Å². The SMILES string of the molecule is CC[C@@]1(c2ccccc2)NC(=O)N(Cc2cc([N+](=O)[O-])cc3c2OCOC3)C1=O. The van der Waals surface area contributed by atoms with E-state index in [0.29, 0.717) is 28.9 Å². The number of imide groups is 1. The molecule has 1 atom stereocenters. The molecule has 0 saturated carbocycles. The van der Waals surface area contributed by atoms with Gasteiger partial charge in [0.2, 0.25) is 0 Å². The summed E-state index contributed by atoms with van der Waals surface area (Å²) in [6, 6.07) is 11.2. The highest BCUT2D eigenvalue weighted by Crippen LogP contribution is 2.37. The number of hydrogen-bond donors (Lipinski definition) is 1. The molecule has 29 heavy (non-hydrogen) atoms. The lowest BCUT2D eigenvalue weighted by molar-refractivity contribution is -0.385. The second-order valence-corrected chi connectivity index (χ2v) is 6.91. The van der Waals surface area contributed by atoms with Crippen molar-refractivity contribution in [1.82, 2.24) is 10.2 Å². The Kier molecular flexibility index (Phi) is 4.67. The number of nitro groups is 1. The van der Waals surface area contributed by atoms with Crippen LogP contribution >= 0.6 is 0 Å². The topological polar surface area (TPSA) is 111 Å². The van der Waals surface area contributed by atoms with Gasteiger partial charge < -0.3 is 14.8 Å². The van der Waals surface area contributed by atoms with Crippen LogP contribution in [0.5, 0.6) is 5.75 Å². The summed E-state index contributed by atoms with van der Waals surface area (Å²) in [5.41, 5.74) is 0.278. The maximum atomic E-state index is 13.3. The smallest absolute Gasteiger partial charge is 0.325 e. The minimum absolute atomic E-state index is 0.000860. The number of hydrogen-bond acceptors (Lipinski definition) is 6. The Labute approximate surface area is 166 Å². The molecule has 2 heterocycles. The number of carbonyl (C=O) groups excluding carboxylic acids is 2. The van der Waals surface area contributed by atoms with Crippen LogP contribution in [0.1, 0.15) is 30.0 Å². The van der Waals surface area contributed by atoms with E-state index in [4.69, 9.17) is 9.47 Å². The van der Waals surface area contributed by atoms with Crippen molar-refractivity contribution in [3.8, 4) is 5.75 Å². The number of nitrogens with one attached hydrogen (secondary N) is 1. The fraction of sp³-hybridized carbons (Fsp3) is 0.300. The minimum Gasteiger partial charge on any atom is -0.467 e. The molecule has 2 aliphatic heterocycles. The third-order valence-electron chi connectivity index (χ3n) is 5.28. The highest BCUT2D eigenvalue weighted by molar-refractivity contribution is 6.07. The first-order valence-corrected chi connectivity index (χ1v) is 9.16. The molecule has 0 aromatic heterocycles. The number of ether oxygens (including phenoxy) is 2. The van der Waals surface area contributed by atoms with Crippen LogP contribution in [0, 0.1) is 10.1 Å². The van der Waals surface area contributed by atoms with E-state index in [1.165, 1.54) is 12.1 Å². The number of benzene rings is 2. The standard InChI is InChI=1S/C20H19N3O6/c1-2-20(15-6-4-3-5-7-15)18(24)22(19(25)21-20)10-13-8-16(23(26)27)9-14-11-28-12-29-17(13)14/h3-9H,2,10-12H2,1H3,(H,21,25)/t20-/m0/s1. The molecule has 0 bridgehead atoms. The van der Waals surface area contributed by atoms with Crippen molar-refractivity contribution in [2.45, 2.75) is 32.0 Å². The third-order valence-corrected chi connectivity index (χ3v) is 5.28. The zero-order chi connectivity index (χ0) is 20.6. The van der Waals surface area contributed by atoms with Crippen LogP contribution in [-0.2, 0) is 28.2 Å². The Morgan fingerprint density at radius 2 is 2.00 bits per heavy atom.